The van der Waals surface area contributed by atoms with Crippen LogP contribution in [0.2, 0.25) is 0 Å². The van der Waals surface area contributed by atoms with E-state index >= 15 is 0 Å². The van der Waals surface area contributed by atoms with Crippen molar-refractivity contribution in [2.75, 3.05) is 6.61 Å². The van der Waals surface area contributed by atoms with Crippen molar-refractivity contribution in [1.29, 1.82) is 0 Å². The zero-order valence-electron chi connectivity index (χ0n) is 13.0. The second kappa shape index (κ2) is 7.28. The van der Waals surface area contributed by atoms with Gasteiger partial charge in [-0.2, -0.15) is 0 Å². The van der Waals surface area contributed by atoms with Gasteiger partial charge in [-0.25, -0.2) is 0 Å². The number of hydrogen-bond acceptors (Lipinski definition) is 2. The molecule has 0 saturated heterocycles. The summed E-state index contributed by atoms with van der Waals surface area (Å²) in [6, 6.07) is 18.6. The minimum atomic E-state index is 0.173. The number of para-hydroxylation sites is 1. The van der Waals surface area contributed by atoms with E-state index in [4.69, 9.17) is 9.47 Å². The number of hydrogen-bond donors (Lipinski definition) is 0. The van der Waals surface area contributed by atoms with Crippen molar-refractivity contribution in [3.8, 4) is 5.75 Å². The minimum absolute atomic E-state index is 0.173. The highest BCUT2D eigenvalue weighted by Crippen LogP contribution is 2.29. The molecule has 2 aromatic carbocycles. The first-order valence-electron chi connectivity index (χ1n) is 7.85. The quantitative estimate of drug-likeness (QED) is 0.575. The summed E-state index contributed by atoms with van der Waals surface area (Å²) in [5.74, 6) is 1.02. The van der Waals surface area contributed by atoms with Crippen LogP contribution in [0.5, 0.6) is 5.75 Å². The van der Waals surface area contributed by atoms with Crippen LogP contribution in [-0.4, -0.2) is 12.7 Å². The molecule has 1 aliphatic rings. The van der Waals surface area contributed by atoms with Crippen molar-refractivity contribution >= 4 is 0 Å². The summed E-state index contributed by atoms with van der Waals surface area (Å²) in [5.41, 5.74) is 3.85. The Morgan fingerprint density at radius 2 is 1.91 bits per heavy atom. The van der Waals surface area contributed by atoms with Crippen molar-refractivity contribution in [2.45, 2.75) is 32.5 Å². The Morgan fingerprint density at radius 1 is 1.14 bits per heavy atom. The Morgan fingerprint density at radius 3 is 2.73 bits per heavy atom. The second-order valence-corrected chi connectivity index (χ2v) is 5.77. The van der Waals surface area contributed by atoms with Crippen molar-refractivity contribution in [3.05, 3.63) is 77.4 Å². The molecule has 2 heteroatoms. The highest BCUT2D eigenvalue weighted by molar-refractivity contribution is 5.38. The van der Waals surface area contributed by atoms with E-state index in [0.29, 0.717) is 6.61 Å². The van der Waals surface area contributed by atoms with Gasteiger partial charge in [0.2, 0.25) is 0 Å². The maximum absolute atomic E-state index is 5.94. The topological polar surface area (TPSA) is 18.5 Å². The second-order valence-electron chi connectivity index (χ2n) is 5.77. The van der Waals surface area contributed by atoms with E-state index in [1.807, 2.05) is 30.3 Å². The molecular weight excluding hydrogens is 272 g/mol. The normalized spacial score (nSPS) is 17.1. The summed E-state index contributed by atoms with van der Waals surface area (Å²) < 4.78 is 11.7. The molecule has 0 spiro atoms. The van der Waals surface area contributed by atoms with Crippen LogP contribution in [0.4, 0.5) is 0 Å². The number of ether oxygens (including phenoxy) is 2. The van der Waals surface area contributed by atoms with Crippen LogP contribution in [0.25, 0.3) is 0 Å². The molecule has 0 amide bonds. The van der Waals surface area contributed by atoms with Gasteiger partial charge < -0.3 is 9.47 Å². The van der Waals surface area contributed by atoms with Gasteiger partial charge in [-0.3, -0.25) is 0 Å². The SMILES string of the molecule is CC(=CC1Cc2ccccc2O1)CCOCc1ccccc1. The van der Waals surface area contributed by atoms with Crippen LogP contribution in [0.3, 0.4) is 0 Å². The van der Waals surface area contributed by atoms with Crippen molar-refractivity contribution in [1.82, 2.24) is 0 Å². The highest BCUT2D eigenvalue weighted by atomic mass is 16.5. The Bertz CT molecular complexity index is 606. The molecule has 114 valence electrons. The van der Waals surface area contributed by atoms with Gasteiger partial charge in [-0.1, -0.05) is 54.1 Å². The molecule has 3 rings (SSSR count). The molecule has 1 aliphatic heterocycles. The summed E-state index contributed by atoms with van der Waals surface area (Å²) in [6.07, 6.45) is 4.32. The van der Waals surface area contributed by atoms with Gasteiger partial charge in [0.1, 0.15) is 11.9 Å². The molecule has 1 heterocycles. The summed E-state index contributed by atoms with van der Waals surface area (Å²) in [7, 11) is 0. The Hall–Kier alpha value is -2.06. The van der Waals surface area contributed by atoms with Crippen LogP contribution < -0.4 is 4.74 Å². The maximum atomic E-state index is 5.94. The molecule has 22 heavy (non-hydrogen) atoms. The number of fused-ring (bicyclic) bond motifs is 1. The Labute approximate surface area is 132 Å². The number of benzene rings is 2. The van der Waals surface area contributed by atoms with Gasteiger partial charge in [0.25, 0.3) is 0 Å². The lowest BCUT2D eigenvalue weighted by molar-refractivity contribution is 0.123. The zero-order valence-corrected chi connectivity index (χ0v) is 13.0. The molecular formula is C20H22O2. The summed E-state index contributed by atoms with van der Waals surface area (Å²) >= 11 is 0. The van der Waals surface area contributed by atoms with Crippen LogP contribution >= 0.6 is 0 Å². The summed E-state index contributed by atoms with van der Waals surface area (Å²) in [5, 5.41) is 0. The predicted octanol–water partition coefficient (Wildman–Crippen LogP) is 4.54. The molecule has 0 saturated carbocycles. The Kier molecular flexibility index (Phi) is 4.92. The monoisotopic (exact) mass is 294 g/mol. The molecule has 2 nitrogen and oxygen atoms in total. The molecule has 0 fully saturated rings. The van der Waals surface area contributed by atoms with Crippen LogP contribution in [-0.2, 0) is 17.8 Å². The Balaban J connectivity index is 1.42. The lowest BCUT2D eigenvalue weighted by atomic mass is 10.1. The van der Waals surface area contributed by atoms with Crippen LogP contribution in [0.1, 0.15) is 24.5 Å². The molecule has 0 aliphatic carbocycles. The molecule has 2 aromatic rings. The maximum Gasteiger partial charge on any atom is 0.123 e. The third-order valence-corrected chi connectivity index (χ3v) is 3.89. The van der Waals surface area contributed by atoms with Crippen molar-refractivity contribution in [2.24, 2.45) is 0 Å². The largest absolute Gasteiger partial charge is 0.486 e. The van der Waals surface area contributed by atoms with Crippen molar-refractivity contribution < 1.29 is 9.47 Å². The van der Waals surface area contributed by atoms with Gasteiger partial charge in [-0.05, 0) is 36.6 Å². The molecule has 0 radical (unpaired) electrons. The zero-order chi connectivity index (χ0) is 15.2. The van der Waals surface area contributed by atoms with Gasteiger partial charge in [-0.15, -0.1) is 0 Å². The average Bonchev–Trinajstić information content (AvgIpc) is 2.94. The first-order valence-corrected chi connectivity index (χ1v) is 7.85. The molecule has 0 N–H and O–H groups in total. The van der Waals surface area contributed by atoms with Gasteiger partial charge in [0, 0.05) is 6.42 Å². The lowest BCUT2D eigenvalue weighted by Crippen LogP contribution is -2.10. The first kappa shape index (κ1) is 14.9. The minimum Gasteiger partial charge on any atom is -0.486 e. The molecule has 0 bridgehead atoms. The van der Waals surface area contributed by atoms with Crippen LogP contribution in [0, 0.1) is 0 Å². The van der Waals surface area contributed by atoms with E-state index in [0.717, 1.165) is 25.2 Å². The average molecular weight is 294 g/mol. The number of rotatable bonds is 6. The molecule has 0 aromatic heterocycles. The van der Waals surface area contributed by atoms with E-state index in [1.54, 1.807) is 0 Å². The van der Waals surface area contributed by atoms with E-state index in [9.17, 15) is 0 Å². The smallest absolute Gasteiger partial charge is 0.123 e. The standard InChI is InChI=1S/C20H22O2/c1-16(11-12-21-15-17-7-3-2-4-8-17)13-19-14-18-9-5-6-10-20(18)22-19/h2-10,13,19H,11-12,14-15H2,1H3. The molecule has 1 unspecified atom stereocenters. The van der Waals surface area contributed by atoms with E-state index < -0.39 is 0 Å². The highest BCUT2D eigenvalue weighted by Gasteiger charge is 2.20. The van der Waals surface area contributed by atoms with Gasteiger partial charge >= 0.3 is 0 Å². The van der Waals surface area contributed by atoms with E-state index in [-0.39, 0.29) is 6.10 Å². The fraction of sp³-hybridized carbons (Fsp3) is 0.300. The van der Waals surface area contributed by atoms with E-state index in [2.05, 4.69) is 37.3 Å². The van der Waals surface area contributed by atoms with Gasteiger partial charge in [0.05, 0.1) is 13.2 Å². The predicted molar refractivity (Wildman–Crippen MR) is 89.0 cm³/mol. The fourth-order valence-electron chi connectivity index (χ4n) is 2.70. The molecule has 1 atom stereocenters. The fourth-order valence-corrected chi connectivity index (χ4v) is 2.70. The summed E-state index contributed by atoms with van der Waals surface area (Å²) in [6.45, 7) is 3.58. The van der Waals surface area contributed by atoms with E-state index in [1.165, 1.54) is 16.7 Å². The van der Waals surface area contributed by atoms with Gasteiger partial charge in [0.15, 0.2) is 0 Å². The summed E-state index contributed by atoms with van der Waals surface area (Å²) in [4.78, 5) is 0. The lowest BCUT2D eigenvalue weighted by Gasteiger charge is -2.09. The van der Waals surface area contributed by atoms with Crippen LogP contribution in [0.15, 0.2) is 66.2 Å². The third kappa shape index (κ3) is 3.99. The first-order chi connectivity index (χ1) is 10.8. The van der Waals surface area contributed by atoms with Crippen molar-refractivity contribution in [3.63, 3.8) is 0 Å². The third-order valence-electron chi connectivity index (χ3n) is 3.89.